The molecule has 2 N–H and O–H groups in total. The van der Waals surface area contributed by atoms with Gasteiger partial charge in [-0.1, -0.05) is 32.1 Å². The molecule has 0 radical (unpaired) electrons. The van der Waals surface area contributed by atoms with Crippen LogP contribution in [-0.4, -0.2) is 37.6 Å². The van der Waals surface area contributed by atoms with Gasteiger partial charge < -0.3 is 5.73 Å². The Morgan fingerprint density at radius 2 is 1.58 bits per heavy atom. The summed E-state index contributed by atoms with van der Waals surface area (Å²) in [6.45, 7) is 1.14. The highest BCUT2D eigenvalue weighted by Gasteiger charge is 2.32. The number of sulfonamides is 1. The lowest BCUT2D eigenvalue weighted by Gasteiger charge is -2.30. The molecule has 0 amide bonds. The topological polar surface area (TPSA) is 63.4 Å². The third-order valence-electron chi connectivity index (χ3n) is 4.62. The average Bonchev–Trinajstić information content (AvgIpc) is 2.64. The van der Waals surface area contributed by atoms with E-state index < -0.39 is 10.0 Å². The van der Waals surface area contributed by atoms with Crippen molar-refractivity contribution in [3.8, 4) is 0 Å². The van der Waals surface area contributed by atoms with Crippen LogP contribution in [0.1, 0.15) is 57.8 Å². The first-order valence-electron chi connectivity index (χ1n) is 7.83. The molecule has 1 saturated heterocycles. The van der Waals surface area contributed by atoms with Crippen molar-refractivity contribution in [3.05, 3.63) is 0 Å². The second-order valence-corrected chi connectivity index (χ2v) is 8.10. The molecule has 4 nitrogen and oxygen atoms in total. The molecule has 1 unspecified atom stereocenters. The molecule has 2 rings (SSSR count). The number of nitrogens with two attached hydrogens (primary N) is 1. The fourth-order valence-corrected chi connectivity index (χ4v) is 5.67. The van der Waals surface area contributed by atoms with Crippen LogP contribution in [0.15, 0.2) is 0 Å². The van der Waals surface area contributed by atoms with Crippen molar-refractivity contribution < 1.29 is 8.42 Å². The Balaban J connectivity index is 2.02. The first kappa shape index (κ1) is 15.3. The fraction of sp³-hybridized carbons (Fsp3) is 1.00. The summed E-state index contributed by atoms with van der Waals surface area (Å²) in [5.74, 6) is 0.726. The Hall–Kier alpha value is -0.130. The summed E-state index contributed by atoms with van der Waals surface area (Å²) in [7, 11) is -3.11. The number of nitrogens with zero attached hydrogens (tertiary/aromatic N) is 1. The van der Waals surface area contributed by atoms with Crippen LogP contribution in [0.4, 0.5) is 0 Å². The van der Waals surface area contributed by atoms with Gasteiger partial charge in [0.1, 0.15) is 0 Å². The maximum atomic E-state index is 12.6. The molecule has 1 atom stereocenters. The molecule has 1 aliphatic carbocycles. The lowest BCUT2D eigenvalue weighted by atomic mass is 9.91. The Kier molecular flexibility index (Phi) is 5.66. The molecule has 0 bridgehead atoms. The summed E-state index contributed by atoms with van der Waals surface area (Å²) in [6.07, 6.45) is 9.98. The molecule has 2 fully saturated rings. The highest BCUT2D eigenvalue weighted by molar-refractivity contribution is 7.89. The predicted molar refractivity (Wildman–Crippen MR) is 78.4 cm³/mol. The van der Waals surface area contributed by atoms with Crippen molar-refractivity contribution in [3.63, 3.8) is 0 Å². The lowest BCUT2D eigenvalue weighted by Crippen LogP contribution is -2.46. The van der Waals surface area contributed by atoms with Crippen LogP contribution in [0.25, 0.3) is 0 Å². The zero-order valence-electron chi connectivity index (χ0n) is 11.9. The van der Waals surface area contributed by atoms with E-state index in [0.717, 1.165) is 38.5 Å². The Bertz CT molecular complexity index is 364. The van der Waals surface area contributed by atoms with E-state index in [1.165, 1.54) is 19.3 Å². The van der Waals surface area contributed by atoms with Crippen LogP contribution in [0, 0.1) is 5.92 Å². The highest BCUT2D eigenvalue weighted by atomic mass is 32.2. The molecule has 5 heteroatoms. The number of rotatable bonds is 4. The predicted octanol–water partition coefficient (Wildman–Crippen LogP) is 2.10. The molecule has 2 aliphatic rings. The van der Waals surface area contributed by atoms with E-state index in [1.807, 2.05) is 0 Å². The van der Waals surface area contributed by atoms with Gasteiger partial charge in [-0.05, 0) is 31.6 Å². The Morgan fingerprint density at radius 3 is 2.26 bits per heavy atom. The largest absolute Gasteiger partial charge is 0.329 e. The second-order valence-electron chi connectivity index (χ2n) is 6.13. The maximum Gasteiger partial charge on any atom is 0.214 e. The Labute approximate surface area is 117 Å². The monoisotopic (exact) mass is 288 g/mol. The summed E-state index contributed by atoms with van der Waals surface area (Å²) in [5, 5.41) is 0. The van der Waals surface area contributed by atoms with Crippen molar-refractivity contribution in [2.45, 2.75) is 63.8 Å². The molecule has 0 aromatic heterocycles. The lowest BCUT2D eigenvalue weighted by molar-refractivity contribution is 0.317. The van der Waals surface area contributed by atoms with Crippen LogP contribution < -0.4 is 5.73 Å². The molecule has 112 valence electrons. The molecule has 19 heavy (non-hydrogen) atoms. The van der Waals surface area contributed by atoms with E-state index in [0.29, 0.717) is 24.8 Å². The van der Waals surface area contributed by atoms with Crippen molar-refractivity contribution in [1.82, 2.24) is 4.31 Å². The normalized spacial score (nSPS) is 28.2. The van der Waals surface area contributed by atoms with Crippen LogP contribution in [0.5, 0.6) is 0 Å². The average molecular weight is 288 g/mol. The summed E-state index contributed by atoms with van der Waals surface area (Å²) in [4.78, 5) is 0. The minimum absolute atomic E-state index is 0.0380. The number of hydrogen-bond acceptors (Lipinski definition) is 3. The van der Waals surface area contributed by atoms with Crippen molar-refractivity contribution >= 4 is 10.0 Å². The SMILES string of the molecule is NCC1CCCCCN1S(=O)(=O)CC1CCCCC1. The van der Waals surface area contributed by atoms with Gasteiger partial charge in [0.15, 0.2) is 0 Å². The van der Waals surface area contributed by atoms with E-state index in [4.69, 9.17) is 5.73 Å². The van der Waals surface area contributed by atoms with Crippen molar-refractivity contribution in [2.75, 3.05) is 18.8 Å². The summed E-state index contributed by atoms with van der Waals surface area (Å²) in [5.41, 5.74) is 5.79. The van der Waals surface area contributed by atoms with E-state index in [2.05, 4.69) is 0 Å². The first-order valence-corrected chi connectivity index (χ1v) is 9.44. The van der Waals surface area contributed by atoms with Gasteiger partial charge >= 0.3 is 0 Å². The molecular weight excluding hydrogens is 260 g/mol. The second kappa shape index (κ2) is 7.04. The quantitative estimate of drug-likeness (QED) is 0.861. The van der Waals surface area contributed by atoms with Gasteiger partial charge in [0, 0.05) is 19.1 Å². The van der Waals surface area contributed by atoms with E-state index in [-0.39, 0.29) is 6.04 Å². The van der Waals surface area contributed by atoms with Crippen molar-refractivity contribution in [2.24, 2.45) is 11.7 Å². The van der Waals surface area contributed by atoms with E-state index >= 15 is 0 Å². The fourth-order valence-electron chi connectivity index (χ4n) is 3.50. The van der Waals surface area contributed by atoms with Crippen LogP contribution in [-0.2, 0) is 10.0 Å². The third kappa shape index (κ3) is 4.17. The van der Waals surface area contributed by atoms with Gasteiger partial charge in [-0.15, -0.1) is 0 Å². The summed E-state index contributed by atoms with van der Waals surface area (Å²) >= 11 is 0. The number of hydrogen-bond donors (Lipinski definition) is 1. The molecule has 0 aromatic carbocycles. The standard InChI is InChI=1S/C14H28N2O2S/c15-11-14-9-5-2-6-10-16(14)19(17,18)12-13-7-3-1-4-8-13/h13-14H,1-12,15H2. The molecule has 1 aliphatic heterocycles. The zero-order valence-corrected chi connectivity index (χ0v) is 12.7. The van der Waals surface area contributed by atoms with Gasteiger partial charge in [-0.3, -0.25) is 0 Å². The highest BCUT2D eigenvalue weighted by Crippen LogP contribution is 2.27. The minimum Gasteiger partial charge on any atom is -0.329 e. The zero-order chi connectivity index (χ0) is 13.7. The van der Waals surface area contributed by atoms with Crippen LogP contribution in [0.2, 0.25) is 0 Å². The van der Waals surface area contributed by atoms with Crippen molar-refractivity contribution in [1.29, 1.82) is 0 Å². The molecule has 1 heterocycles. The van der Waals surface area contributed by atoms with Gasteiger partial charge in [0.2, 0.25) is 10.0 Å². The maximum absolute atomic E-state index is 12.6. The smallest absolute Gasteiger partial charge is 0.214 e. The summed E-state index contributed by atoms with van der Waals surface area (Å²) in [6, 6.07) is 0.0380. The van der Waals surface area contributed by atoms with Gasteiger partial charge in [0.25, 0.3) is 0 Å². The molecular formula is C14H28N2O2S. The van der Waals surface area contributed by atoms with E-state index in [1.54, 1.807) is 4.31 Å². The molecule has 1 saturated carbocycles. The van der Waals surface area contributed by atoms with Gasteiger partial charge in [0.05, 0.1) is 5.75 Å². The van der Waals surface area contributed by atoms with Crippen LogP contribution >= 0.6 is 0 Å². The first-order chi connectivity index (χ1) is 9.13. The van der Waals surface area contributed by atoms with Gasteiger partial charge in [-0.2, -0.15) is 4.31 Å². The van der Waals surface area contributed by atoms with Crippen LogP contribution in [0.3, 0.4) is 0 Å². The third-order valence-corrected chi connectivity index (χ3v) is 6.71. The molecule has 0 aromatic rings. The summed E-state index contributed by atoms with van der Waals surface area (Å²) < 4.78 is 27.0. The molecule has 0 spiro atoms. The minimum atomic E-state index is -3.11. The van der Waals surface area contributed by atoms with E-state index in [9.17, 15) is 8.42 Å². The Morgan fingerprint density at radius 1 is 0.947 bits per heavy atom. The van der Waals surface area contributed by atoms with Gasteiger partial charge in [-0.25, -0.2) is 8.42 Å².